The van der Waals surface area contributed by atoms with Gasteiger partial charge in [-0.1, -0.05) is 6.42 Å². The summed E-state index contributed by atoms with van der Waals surface area (Å²) in [5.41, 5.74) is 0. The van der Waals surface area contributed by atoms with Gasteiger partial charge in [-0.05, 0) is 12.8 Å². The van der Waals surface area contributed by atoms with Crippen LogP contribution in [0.3, 0.4) is 0 Å². The first-order valence-electron chi connectivity index (χ1n) is 5.43. The van der Waals surface area contributed by atoms with Gasteiger partial charge in [-0.15, -0.1) is 0 Å². The van der Waals surface area contributed by atoms with Crippen molar-refractivity contribution in [3.05, 3.63) is 10.1 Å². The third-order valence-corrected chi connectivity index (χ3v) is 3.04. The van der Waals surface area contributed by atoms with E-state index in [0.717, 1.165) is 12.8 Å². The molecule has 0 aliphatic heterocycles. The number of hydrogen-bond donors (Lipinski definition) is 0. The lowest BCUT2D eigenvalue weighted by Gasteiger charge is -2.26. The average molecular weight is 235 g/mol. The van der Waals surface area contributed by atoms with Gasteiger partial charge >= 0.3 is 0 Å². The van der Waals surface area contributed by atoms with E-state index < -0.39 is 36.2 Å². The van der Waals surface area contributed by atoms with Gasteiger partial charge in [0, 0.05) is 29.6 Å². The van der Waals surface area contributed by atoms with E-state index in [-0.39, 0.29) is 5.78 Å². The lowest BCUT2D eigenvalue weighted by molar-refractivity contribution is -0.490. The van der Waals surface area contributed by atoms with Crippen molar-refractivity contribution in [3.8, 4) is 0 Å². The predicted molar refractivity (Wildman–Crippen MR) is 52.9 cm³/mol. The summed E-state index contributed by atoms with van der Waals surface area (Å²) in [6, 6.07) is 0. The van der Waals surface area contributed by atoms with Gasteiger partial charge in [-0.3, -0.25) is 14.9 Å². The number of nitro groups is 1. The summed E-state index contributed by atoms with van der Waals surface area (Å²) < 4.78 is 24.6. The van der Waals surface area contributed by atoms with Crippen LogP contribution in [0.25, 0.3) is 0 Å². The van der Waals surface area contributed by atoms with E-state index in [9.17, 15) is 23.7 Å². The molecular formula is C10H15F2NO3. The van der Waals surface area contributed by atoms with Crippen LogP contribution in [0.1, 0.15) is 32.1 Å². The zero-order valence-corrected chi connectivity index (χ0v) is 8.90. The summed E-state index contributed by atoms with van der Waals surface area (Å²) in [5.74, 6) is -1.42. The first kappa shape index (κ1) is 13.0. The van der Waals surface area contributed by atoms with Crippen molar-refractivity contribution in [3.63, 3.8) is 0 Å². The van der Waals surface area contributed by atoms with Crippen molar-refractivity contribution in [1.82, 2.24) is 0 Å². The molecule has 0 amide bonds. The third kappa shape index (κ3) is 3.83. The van der Waals surface area contributed by atoms with Crippen LogP contribution >= 0.6 is 0 Å². The van der Waals surface area contributed by atoms with Crippen LogP contribution < -0.4 is 0 Å². The topological polar surface area (TPSA) is 60.2 Å². The fourth-order valence-corrected chi connectivity index (χ4v) is 2.29. The van der Waals surface area contributed by atoms with Gasteiger partial charge in [-0.2, -0.15) is 0 Å². The molecule has 0 aromatic carbocycles. The molecule has 16 heavy (non-hydrogen) atoms. The Morgan fingerprint density at radius 2 is 2.12 bits per heavy atom. The van der Waals surface area contributed by atoms with Crippen molar-refractivity contribution in [2.45, 2.75) is 38.5 Å². The molecule has 0 heterocycles. The minimum absolute atomic E-state index is 0.0845. The van der Waals surface area contributed by atoms with Gasteiger partial charge in [0.2, 0.25) is 13.0 Å². The van der Waals surface area contributed by atoms with Crippen molar-refractivity contribution in [1.29, 1.82) is 0 Å². The molecule has 1 rings (SSSR count). The number of halogens is 2. The summed E-state index contributed by atoms with van der Waals surface area (Å²) in [6.45, 7) is -0.527. The lowest BCUT2D eigenvalue weighted by Crippen LogP contribution is -2.32. The van der Waals surface area contributed by atoms with Crippen LogP contribution in [0.5, 0.6) is 0 Å². The number of alkyl halides is 2. The number of carbonyl (C=O) groups excluding carboxylic acids is 1. The van der Waals surface area contributed by atoms with Gasteiger partial charge in [0.15, 0.2) is 0 Å². The summed E-state index contributed by atoms with van der Waals surface area (Å²) in [6.07, 6.45) is -0.660. The summed E-state index contributed by atoms with van der Waals surface area (Å²) in [7, 11) is 0. The van der Waals surface area contributed by atoms with Crippen LogP contribution in [0, 0.1) is 22.0 Å². The first-order chi connectivity index (χ1) is 7.50. The molecule has 4 nitrogen and oxygen atoms in total. The Kier molecular flexibility index (Phi) is 4.76. The predicted octanol–water partition coefficient (Wildman–Crippen LogP) is 2.29. The molecule has 0 aromatic heterocycles. The second-order valence-corrected chi connectivity index (χ2v) is 4.22. The van der Waals surface area contributed by atoms with E-state index in [1.807, 2.05) is 0 Å². The van der Waals surface area contributed by atoms with E-state index in [4.69, 9.17) is 0 Å². The molecule has 1 aliphatic carbocycles. The molecule has 1 saturated carbocycles. The summed E-state index contributed by atoms with van der Waals surface area (Å²) in [4.78, 5) is 21.3. The minimum Gasteiger partial charge on any atom is -0.299 e. The molecule has 1 aliphatic rings. The van der Waals surface area contributed by atoms with Crippen molar-refractivity contribution in [2.75, 3.05) is 6.54 Å². The molecule has 0 radical (unpaired) electrons. The Morgan fingerprint density at radius 3 is 2.62 bits per heavy atom. The van der Waals surface area contributed by atoms with Crippen molar-refractivity contribution >= 4 is 5.78 Å². The van der Waals surface area contributed by atoms with E-state index in [1.54, 1.807) is 0 Å². The molecule has 2 atom stereocenters. The van der Waals surface area contributed by atoms with Crippen molar-refractivity contribution < 1.29 is 18.5 Å². The Bertz CT molecular complexity index is 271. The van der Waals surface area contributed by atoms with Gasteiger partial charge in [0.25, 0.3) is 0 Å². The second kappa shape index (κ2) is 5.86. The van der Waals surface area contributed by atoms with Gasteiger partial charge in [-0.25, -0.2) is 8.78 Å². The van der Waals surface area contributed by atoms with Crippen LogP contribution in [-0.2, 0) is 4.79 Å². The van der Waals surface area contributed by atoms with Crippen LogP contribution in [0.2, 0.25) is 0 Å². The molecule has 1 fully saturated rings. The van der Waals surface area contributed by atoms with Gasteiger partial charge in [0.1, 0.15) is 5.78 Å². The van der Waals surface area contributed by atoms with Crippen LogP contribution in [0.15, 0.2) is 0 Å². The number of ketones is 1. The van der Waals surface area contributed by atoms with E-state index in [0.29, 0.717) is 12.8 Å². The maximum absolute atomic E-state index is 12.3. The van der Waals surface area contributed by atoms with E-state index in [1.165, 1.54) is 0 Å². The first-order valence-corrected chi connectivity index (χ1v) is 5.43. The van der Waals surface area contributed by atoms with Crippen LogP contribution in [-0.4, -0.2) is 23.7 Å². The highest BCUT2D eigenvalue weighted by Crippen LogP contribution is 2.30. The molecule has 6 heteroatoms. The number of hydrogen-bond acceptors (Lipinski definition) is 3. The quantitative estimate of drug-likeness (QED) is 0.542. The highest BCUT2D eigenvalue weighted by molar-refractivity contribution is 5.81. The molecule has 0 unspecified atom stereocenters. The van der Waals surface area contributed by atoms with Crippen LogP contribution in [0.4, 0.5) is 8.78 Å². The summed E-state index contributed by atoms with van der Waals surface area (Å²) >= 11 is 0. The zero-order valence-electron chi connectivity index (χ0n) is 8.90. The average Bonchev–Trinajstić information content (AvgIpc) is 2.15. The Hall–Kier alpha value is -1.07. The Labute approximate surface area is 92.2 Å². The standard InChI is InChI=1S/C10H15F2NO3/c11-10(12)5-7(6-13(15)16)8-3-1-2-4-9(8)14/h7-8,10H,1-6H2/t7-,8+/m1/s1. The Morgan fingerprint density at radius 1 is 1.44 bits per heavy atom. The molecule has 0 saturated heterocycles. The zero-order chi connectivity index (χ0) is 12.1. The van der Waals surface area contributed by atoms with E-state index in [2.05, 4.69) is 0 Å². The van der Waals surface area contributed by atoms with Crippen molar-refractivity contribution in [2.24, 2.45) is 11.8 Å². The summed E-state index contributed by atoms with van der Waals surface area (Å²) in [5, 5.41) is 10.4. The van der Waals surface area contributed by atoms with Gasteiger partial charge in [0.05, 0.1) is 0 Å². The Balaban J connectivity index is 2.65. The number of Topliss-reactive ketones (excluding diaryl/α,β-unsaturated/α-hetero) is 1. The number of rotatable bonds is 5. The maximum atomic E-state index is 12.3. The lowest BCUT2D eigenvalue weighted by atomic mass is 9.77. The number of carbonyl (C=O) groups is 1. The molecule has 0 N–H and O–H groups in total. The maximum Gasteiger partial charge on any atom is 0.239 e. The SMILES string of the molecule is O=C1CCCC[C@H]1[C@H](CC(F)F)C[N+](=O)[O-]. The monoisotopic (exact) mass is 235 g/mol. The highest BCUT2D eigenvalue weighted by Gasteiger charge is 2.34. The van der Waals surface area contributed by atoms with Gasteiger partial charge < -0.3 is 0 Å². The van der Waals surface area contributed by atoms with E-state index >= 15 is 0 Å². The molecule has 0 bridgehead atoms. The minimum atomic E-state index is -2.58. The number of nitrogens with zero attached hydrogens (tertiary/aromatic N) is 1. The molecule has 0 spiro atoms. The fraction of sp³-hybridized carbons (Fsp3) is 0.900. The third-order valence-electron chi connectivity index (χ3n) is 3.04. The molecular weight excluding hydrogens is 220 g/mol. The highest BCUT2D eigenvalue weighted by atomic mass is 19.3. The normalized spacial score (nSPS) is 23.4. The molecule has 0 aromatic rings. The second-order valence-electron chi connectivity index (χ2n) is 4.22. The largest absolute Gasteiger partial charge is 0.299 e. The fourth-order valence-electron chi connectivity index (χ4n) is 2.29. The molecule has 92 valence electrons. The smallest absolute Gasteiger partial charge is 0.239 e.